The standard InChI is InChI=1S/C24H27ClFNO2/c25-22-12-10-13-23(26)21(22)11-8-6-4-2-1-3-5-7-9-18-27-20-16-14-19(15-17-20)24(28)29/h10,12-17,27H,1-7,9,18H2,(H,28,29). The molecule has 0 radical (unpaired) electrons. The lowest BCUT2D eigenvalue weighted by molar-refractivity contribution is 0.0697. The van der Waals surface area contributed by atoms with Crippen LogP contribution in [0, 0.1) is 17.7 Å². The number of hydrogen-bond donors (Lipinski definition) is 2. The first-order valence-corrected chi connectivity index (χ1v) is 10.5. The molecule has 154 valence electrons. The van der Waals surface area contributed by atoms with E-state index in [1.165, 1.54) is 31.7 Å². The van der Waals surface area contributed by atoms with Crippen LogP contribution in [0.3, 0.4) is 0 Å². The Bertz CT molecular complexity index is 820. The largest absolute Gasteiger partial charge is 0.478 e. The molecule has 0 bridgehead atoms. The van der Waals surface area contributed by atoms with Crippen LogP contribution >= 0.6 is 11.6 Å². The second kappa shape index (κ2) is 12.9. The van der Waals surface area contributed by atoms with Crippen LogP contribution in [0.5, 0.6) is 0 Å². The summed E-state index contributed by atoms with van der Waals surface area (Å²) in [5.74, 6) is 4.58. The van der Waals surface area contributed by atoms with E-state index < -0.39 is 5.97 Å². The highest BCUT2D eigenvalue weighted by atomic mass is 35.5. The molecule has 0 spiro atoms. The van der Waals surface area contributed by atoms with Crippen molar-refractivity contribution in [3.8, 4) is 11.8 Å². The fourth-order valence-corrected chi connectivity index (χ4v) is 3.16. The minimum atomic E-state index is -0.905. The number of unbranched alkanes of at least 4 members (excludes halogenated alkanes) is 7. The first-order chi connectivity index (χ1) is 14.1. The van der Waals surface area contributed by atoms with Crippen LogP contribution in [0.25, 0.3) is 0 Å². The van der Waals surface area contributed by atoms with E-state index in [0.717, 1.165) is 37.9 Å². The second-order valence-electron chi connectivity index (χ2n) is 6.93. The summed E-state index contributed by atoms with van der Waals surface area (Å²) < 4.78 is 13.6. The molecular formula is C24H27ClFNO2. The van der Waals surface area contributed by atoms with Crippen molar-refractivity contribution in [3.05, 3.63) is 64.4 Å². The summed E-state index contributed by atoms with van der Waals surface area (Å²) in [7, 11) is 0. The first-order valence-electron chi connectivity index (χ1n) is 10.1. The maximum absolute atomic E-state index is 13.6. The van der Waals surface area contributed by atoms with Crippen LogP contribution in [0.2, 0.25) is 5.02 Å². The molecule has 2 aromatic carbocycles. The molecule has 0 aromatic heterocycles. The Morgan fingerprint density at radius 2 is 1.62 bits per heavy atom. The van der Waals surface area contributed by atoms with Gasteiger partial charge in [-0.3, -0.25) is 0 Å². The topological polar surface area (TPSA) is 49.3 Å². The molecule has 0 atom stereocenters. The quantitative estimate of drug-likeness (QED) is 0.315. The molecule has 3 nitrogen and oxygen atoms in total. The molecule has 0 aliphatic carbocycles. The van der Waals surface area contributed by atoms with E-state index in [-0.39, 0.29) is 5.82 Å². The number of halogens is 2. The van der Waals surface area contributed by atoms with Crippen molar-refractivity contribution in [2.45, 2.75) is 51.4 Å². The molecule has 29 heavy (non-hydrogen) atoms. The maximum atomic E-state index is 13.6. The van der Waals surface area contributed by atoms with Crippen LogP contribution in [0.4, 0.5) is 10.1 Å². The Kier molecular flexibility index (Phi) is 10.1. The lowest BCUT2D eigenvalue weighted by Crippen LogP contribution is -2.02. The van der Waals surface area contributed by atoms with E-state index in [0.29, 0.717) is 16.1 Å². The molecule has 0 saturated heterocycles. The van der Waals surface area contributed by atoms with Gasteiger partial charge in [0.05, 0.1) is 16.1 Å². The Hall–Kier alpha value is -2.51. The van der Waals surface area contributed by atoms with Gasteiger partial charge in [-0.25, -0.2) is 9.18 Å². The molecule has 0 fully saturated rings. The van der Waals surface area contributed by atoms with Crippen molar-refractivity contribution in [2.24, 2.45) is 0 Å². The number of nitrogens with one attached hydrogen (secondary N) is 1. The summed E-state index contributed by atoms with van der Waals surface area (Å²) in [6.07, 6.45) is 8.78. The van der Waals surface area contributed by atoms with E-state index >= 15 is 0 Å². The normalized spacial score (nSPS) is 10.3. The second-order valence-corrected chi connectivity index (χ2v) is 7.34. The Morgan fingerprint density at radius 3 is 2.28 bits per heavy atom. The molecule has 0 unspecified atom stereocenters. The zero-order chi connectivity index (χ0) is 20.9. The molecular weight excluding hydrogens is 389 g/mol. The van der Waals surface area contributed by atoms with Crippen LogP contribution in [0.15, 0.2) is 42.5 Å². The SMILES string of the molecule is O=C(O)c1ccc(NCCCCCCCCCC#Cc2c(F)cccc2Cl)cc1. The van der Waals surface area contributed by atoms with Gasteiger partial charge in [0.1, 0.15) is 5.82 Å². The summed E-state index contributed by atoms with van der Waals surface area (Å²) in [4.78, 5) is 10.8. The van der Waals surface area contributed by atoms with E-state index in [1.807, 2.05) is 0 Å². The molecule has 2 N–H and O–H groups in total. The average molecular weight is 416 g/mol. The van der Waals surface area contributed by atoms with Gasteiger partial charge in [-0.2, -0.15) is 0 Å². The molecule has 0 amide bonds. The van der Waals surface area contributed by atoms with E-state index in [2.05, 4.69) is 17.2 Å². The van der Waals surface area contributed by atoms with Crippen molar-refractivity contribution >= 4 is 23.3 Å². The zero-order valence-electron chi connectivity index (χ0n) is 16.5. The summed E-state index contributed by atoms with van der Waals surface area (Å²) >= 11 is 5.95. The molecule has 2 aromatic rings. The van der Waals surface area contributed by atoms with Gasteiger partial charge in [0, 0.05) is 18.7 Å². The molecule has 2 rings (SSSR count). The van der Waals surface area contributed by atoms with Gasteiger partial charge in [-0.15, -0.1) is 0 Å². The number of carboxylic acids is 1. The Balaban J connectivity index is 1.46. The van der Waals surface area contributed by atoms with Gasteiger partial charge in [-0.05, 0) is 49.2 Å². The highest BCUT2D eigenvalue weighted by Gasteiger charge is 2.03. The third kappa shape index (κ3) is 8.58. The monoisotopic (exact) mass is 415 g/mol. The fraction of sp³-hybridized carbons (Fsp3) is 0.375. The van der Waals surface area contributed by atoms with E-state index in [1.54, 1.807) is 36.4 Å². The number of hydrogen-bond acceptors (Lipinski definition) is 2. The third-order valence-electron chi connectivity index (χ3n) is 4.62. The average Bonchev–Trinajstić information content (AvgIpc) is 2.71. The van der Waals surface area contributed by atoms with Gasteiger partial charge in [0.25, 0.3) is 0 Å². The summed E-state index contributed by atoms with van der Waals surface area (Å²) in [6, 6.07) is 11.4. The summed E-state index contributed by atoms with van der Waals surface area (Å²) in [6.45, 7) is 0.889. The van der Waals surface area contributed by atoms with Gasteiger partial charge in [-0.1, -0.05) is 61.6 Å². The van der Waals surface area contributed by atoms with Crippen LogP contribution in [0.1, 0.15) is 67.3 Å². The predicted octanol–water partition coefficient (Wildman–Crippen LogP) is 6.76. The lowest BCUT2D eigenvalue weighted by Gasteiger charge is -2.06. The highest BCUT2D eigenvalue weighted by molar-refractivity contribution is 6.31. The lowest BCUT2D eigenvalue weighted by atomic mass is 10.1. The maximum Gasteiger partial charge on any atom is 0.335 e. The van der Waals surface area contributed by atoms with Crippen molar-refractivity contribution in [1.82, 2.24) is 0 Å². The predicted molar refractivity (Wildman–Crippen MR) is 117 cm³/mol. The van der Waals surface area contributed by atoms with Crippen molar-refractivity contribution in [1.29, 1.82) is 0 Å². The molecule has 5 heteroatoms. The summed E-state index contributed by atoms with van der Waals surface area (Å²) in [5.41, 5.74) is 1.55. The third-order valence-corrected chi connectivity index (χ3v) is 4.93. The van der Waals surface area contributed by atoms with Crippen LogP contribution in [-0.2, 0) is 0 Å². The number of aromatic carboxylic acids is 1. The highest BCUT2D eigenvalue weighted by Crippen LogP contribution is 2.17. The molecule has 0 aliphatic rings. The van der Waals surface area contributed by atoms with Gasteiger partial charge < -0.3 is 10.4 Å². The van der Waals surface area contributed by atoms with Gasteiger partial charge in [0.15, 0.2) is 0 Å². The number of rotatable bonds is 11. The van der Waals surface area contributed by atoms with E-state index in [4.69, 9.17) is 16.7 Å². The molecule has 0 aliphatic heterocycles. The van der Waals surface area contributed by atoms with Crippen LogP contribution in [-0.4, -0.2) is 17.6 Å². The van der Waals surface area contributed by atoms with Crippen molar-refractivity contribution in [3.63, 3.8) is 0 Å². The van der Waals surface area contributed by atoms with Crippen LogP contribution < -0.4 is 5.32 Å². The minimum absolute atomic E-state index is 0.292. The van der Waals surface area contributed by atoms with Gasteiger partial charge in [0.2, 0.25) is 0 Å². The van der Waals surface area contributed by atoms with Crippen molar-refractivity contribution in [2.75, 3.05) is 11.9 Å². The number of carbonyl (C=O) groups is 1. The fourth-order valence-electron chi connectivity index (χ4n) is 2.95. The Morgan fingerprint density at radius 1 is 0.966 bits per heavy atom. The van der Waals surface area contributed by atoms with E-state index in [9.17, 15) is 9.18 Å². The smallest absolute Gasteiger partial charge is 0.335 e. The molecule has 0 saturated carbocycles. The van der Waals surface area contributed by atoms with Crippen molar-refractivity contribution < 1.29 is 14.3 Å². The first kappa shape index (κ1) is 22.8. The number of carboxylic acid groups (broad SMARTS) is 1. The number of anilines is 1. The summed E-state index contributed by atoms with van der Waals surface area (Å²) in [5, 5.41) is 12.6. The number of benzene rings is 2. The van der Waals surface area contributed by atoms with Gasteiger partial charge >= 0.3 is 5.97 Å². The molecule has 0 heterocycles. The zero-order valence-corrected chi connectivity index (χ0v) is 17.3. The Labute approximate surface area is 177 Å². The minimum Gasteiger partial charge on any atom is -0.478 e.